The Bertz CT molecular complexity index is 1420. The van der Waals surface area contributed by atoms with Crippen molar-refractivity contribution in [1.29, 1.82) is 0 Å². The third-order valence-electron chi connectivity index (χ3n) is 4.92. The van der Waals surface area contributed by atoms with E-state index in [1.807, 2.05) is 36.4 Å². The van der Waals surface area contributed by atoms with Gasteiger partial charge in [0.15, 0.2) is 6.61 Å². The molecule has 0 fully saturated rings. The largest absolute Gasteiger partial charge is 0.484 e. The fourth-order valence-electron chi connectivity index (χ4n) is 3.17. The number of para-hydroxylation sites is 1. The molecular weight excluding hydrogens is 450 g/mol. The van der Waals surface area contributed by atoms with Gasteiger partial charge in [0.25, 0.3) is 11.6 Å². The first kappa shape index (κ1) is 23.1. The lowest BCUT2D eigenvalue weighted by Gasteiger charge is -2.08. The van der Waals surface area contributed by atoms with Gasteiger partial charge in [-0.3, -0.25) is 14.9 Å². The van der Waals surface area contributed by atoms with Crippen molar-refractivity contribution in [2.45, 2.75) is 0 Å². The van der Waals surface area contributed by atoms with E-state index in [-0.39, 0.29) is 23.6 Å². The molecule has 4 aromatic carbocycles. The van der Waals surface area contributed by atoms with Crippen molar-refractivity contribution in [2.24, 2.45) is 5.10 Å². The maximum absolute atomic E-state index is 12.4. The number of hydrazone groups is 1. The molecule has 0 saturated heterocycles. The highest BCUT2D eigenvalue weighted by atomic mass is 16.6. The summed E-state index contributed by atoms with van der Waals surface area (Å²) in [5.41, 5.74) is 2.84. The van der Waals surface area contributed by atoms with E-state index in [1.165, 1.54) is 30.5 Å². The lowest BCUT2D eigenvalue weighted by atomic mass is 10.1. The lowest BCUT2D eigenvalue weighted by Crippen LogP contribution is -2.24. The van der Waals surface area contributed by atoms with Crippen LogP contribution in [0.1, 0.15) is 15.9 Å². The summed E-state index contributed by atoms with van der Waals surface area (Å²) in [6.07, 6.45) is 1.34. The molecule has 174 valence electrons. The van der Waals surface area contributed by atoms with Crippen molar-refractivity contribution >= 4 is 34.6 Å². The zero-order chi connectivity index (χ0) is 24.6. The number of hydrogen-bond donors (Lipinski definition) is 1. The quantitative estimate of drug-likeness (QED) is 0.133. The molecule has 4 rings (SSSR count). The third kappa shape index (κ3) is 6.05. The van der Waals surface area contributed by atoms with Gasteiger partial charge in [0.2, 0.25) is 0 Å². The van der Waals surface area contributed by atoms with E-state index in [1.54, 1.807) is 30.3 Å². The smallest absolute Gasteiger partial charge is 0.343 e. The van der Waals surface area contributed by atoms with E-state index in [4.69, 9.17) is 9.47 Å². The predicted molar refractivity (Wildman–Crippen MR) is 130 cm³/mol. The van der Waals surface area contributed by atoms with Crippen molar-refractivity contribution in [3.63, 3.8) is 0 Å². The SMILES string of the molecule is O=C(COc1ccc2ccccc2c1)N/N=C/c1ccccc1OC(=O)c1ccc([N+](=O)[O-])cc1. The second kappa shape index (κ2) is 10.7. The van der Waals surface area contributed by atoms with E-state index in [2.05, 4.69) is 10.5 Å². The number of ether oxygens (including phenoxy) is 2. The molecule has 0 saturated carbocycles. The van der Waals surface area contributed by atoms with E-state index < -0.39 is 16.8 Å². The van der Waals surface area contributed by atoms with Crippen molar-refractivity contribution < 1.29 is 24.0 Å². The van der Waals surface area contributed by atoms with Crippen LogP contribution in [0.15, 0.2) is 96.1 Å². The number of hydrogen-bond acceptors (Lipinski definition) is 7. The summed E-state index contributed by atoms with van der Waals surface area (Å²) in [6, 6.07) is 25.0. The van der Waals surface area contributed by atoms with Crippen LogP contribution in [0.5, 0.6) is 11.5 Å². The average molecular weight is 469 g/mol. The first-order valence-electron chi connectivity index (χ1n) is 10.5. The molecule has 0 unspecified atom stereocenters. The summed E-state index contributed by atoms with van der Waals surface area (Å²) >= 11 is 0. The van der Waals surface area contributed by atoms with Gasteiger partial charge in [-0.2, -0.15) is 5.10 Å². The van der Waals surface area contributed by atoms with Crippen LogP contribution in [-0.2, 0) is 4.79 Å². The molecule has 1 N–H and O–H groups in total. The molecule has 0 bridgehead atoms. The Labute approximate surface area is 199 Å². The van der Waals surface area contributed by atoms with Gasteiger partial charge in [-0.05, 0) is 47.2 Å². The lowest BCUT2D eigenvalue weighted by molar-refractivity contribution is -0.384. The second-order valence-corrected chi connectivity index (χ2v) is 7.32. The molecule has 0 aliphatic rings. The number of fused-ring (bicyclic) bond motifs is 1. The summed E-state index contributed by atoms with van der Waals surface area (Å²) in [4.78, 5) is 34.7. The maximum Gasteiger partial charge on any atom is 0.343 e. The second-order valence-electron chi connectivity index (χ2n) is 7.32. The number of amides is 1. The molecule has 9 nitrogen and oxygen atoms in total. The number of non-ortho nitro benzene ring substituents is 1. The van der Waals surface area contributed by atoms with E-state index in [0.717, 1.165) is 10.8 Å². The minimum Gasteiger partial charge on any atom is -0.484 e. The number of esters is 1. The summed E-state index contributed by atoms with van der Waals surface area (Å²) in [5, 5.41) is 16.7. The highest BCUT2D eigenvalue weighted by molar-refractivity contribution is 5.93. The van der Waals surface area contributed by atoms with E-state index in [9.17, 15) is 19.7 Å². The Kier molecular flexibility index (Phi) is 7.08. The molecule has 0 aliphatic heterocycles. The number of nitrogens with one attached hydrogen (secondary N) is 1. The number of rotatable bonds is 8. The molecule has 0 heterocycles. The fourth-order valence-corrected chi connectivity index (χ4v) is 3.17. The van der Waals surface area contributed by atoms with Crippen LogP contribution in [0.3, 0.4) is 0 Å². The van der Waals surface area contributed by atoms with Crippen molar-refractivity contribution in [2.75, 3.05) is 6.61 Å². The van der Waals surface area contributed by atoms with Crippen LogP contribution in [-0.4, -0.2) is 29.6 Å². The fraction of sp³-hybridized carbons (Fsp3) is 0.0385. The minimum atomic E-state index is -0.687. The molecule has 0 spiro atoms. The number of carbonyl (C=O) groups is 2. The zero-order valence-electron chi connectivity index (χ0n) is 18.3. The van der Waals surface area contributed by atoms with Crippen molar-refractivity contribution in [3.05, 3.63) is 112 Å². The summed E-state index contributed by atoms with van der Waals surface area (Å²) in [7, 11) is 0. The van der Waals surface area contributed by atoms with Gasteiger partial charge in [-0.1, -0.05) is 42.5 Å². The van der Waals surface area contributed by atoms with Crippen molar-refractivity contribution in [1.82, 2.24) is 5.43 Å². The highest BCUT2D eigenvalue weighted by Crippen LogP contribution is 2.21. The maximum atomic E-state index is 12.4. The molecule has 1 amide bonds. The number of carbonyl (C=O) groups excluding carboxylic acids is 2. The monoisotopic (exact) mass is 469 g/mol. The molecule has 9 heteroatoms. The van der Waals surface area contributed by atoms with Crippen LogP contribution in [0.25, 0.3) is 10.8 Å². The van der Waals surface area contributed by atoms with Gasteiger partial charge in [0.05, 0.1) is 16.7 Å². The summed E-state index contributed by atoms with van der Waals surface area (Å²) in [5.74, 6) is -0.379. The van der Waals surface area contributed by atoms with Gasteiger partial charge in [-0.15, -0.1) is 0 Å². The van der Waals surface area contributed by atoms with Crippen molar-refractivity contribution in [3.8, 4) is 11.5 Å². The number of nitro benzene ring substituents is 1. The van der Waals surface area contributed by atoms with Gasteiger partial charge in [-0.25, -0.2) is 10.2 Å². The Balaban J connectivity index is 1.33. The first-order valence-corrected chi connectivity index (χ1v) is 10.5. The van der Waals surface area contributed by atoms with E-state index >= 15 is 0 Å². The van der Waals surface area contributed by atoms with Gasteiger partial charge in [0, 0.05) is 17.7 Å². The Morgan fingerprint density at radius 3 is 2.40 bits per heavy atom. The molecule has 0 aliphatic carbocycles. The normalized spacial score (nSPS) is 10.7. The molecule has 35 heavy (non-hydrogen) atoms. The van der Waals surface area contributed by atoms with Gasteiger partial charge >= 0.3 is 5.97 Å². The molecule has 4 aromatic rings. The molecular formula is C26H19N3O6. The van der Waals surface area contributed by atoms with Gasteiger partial charge in [0.1, 0.15) is 11.5 Å². The minimum absolute atomic E-state index is 0.130. The van der Waals surface area contributed by atoms with Crippen LogP contribution >= 0.6 is 0 Å². The molecule has 0 atom stereocenters. The number of benzene rings is 4. The van der Waals surface area contributed by atoms with Crippen LogP contribution in [0.2, 0.25) is 0 Å². The molecule has 0 aromatic heterocycles. The topological polar surface area (TPSA) is 120 Å². The van der Waals surface area contributed by atoms with Gasteiger partial charge < -0.3 is 9.47 Å². The Morgan fingerprint density at radius 2 is 1.63 bits per heavy atom. The molecule has 0 radical (unpaired) electrons. The highest BCUT2D eigenvalue weighted by Gasteiger charge is 2.13. The first-order chi connectivity index (χ1) is 17.0. The summed E-state index contributed by atoms with van der Waals surface area (Å²) < 4.78 is 10.9. The number of nitro groups is 1. The number of nitrogens with zero attached hydrogens (tertiary/aromatic N) is 2. The van der Waals surface area contributed by atoms with Crippen LogP contribution < -0.4 is 14.9 Å². The predicted octanol–water partition coefficient (Wildman–Crippen LogP) is 4.50. The standard InChI is InChI=1S/C26H19N3O6/c30-25(17-34-23-14-11-18-5-1-2-6-20(18)15-23)28-27-16-21-7-3-4-8-24(21)35-26(31)19-9-12-22(13-10-19)29(32)33/h1-16H,17H2,(H,28,30)/b27-16+. The third-order valence-corrected chi connectivity index (χ3v) is 4.92. The van der Waals surface area contributed by atoms with Crippen LogP contribution in [0, 0.1) is 10.1 Å². The zero-order valence-corrected chi connectivity index (χ0v) is 18.3. The van der Waals surface area contributed by atoms with Crippen LogP contribution in [0.4, 0.5) is 5.69 Å². The van der Waals surface area contributed by atoms with E-state index in [0.29, 0.717) is 11.3 Å². The Morgan fingerprint density at radius 1 is 0.914 bits per heavy atom. The average Bonchev–Trinajstić information content (AvgIpc) is 2.88. The summed E-state index contributed by atoms with van der Waals surface area (Å²) in [6.45, 7) is -0.230. The Hall–Kier alpha value is -5.05.